The summed E-state index contributed by atoms with van der Waals surface area (Å²) in [4.78, 5) is 2.23. The third kappa shape index (κ3) is 3.24. The normalized spacial score (nSPS) is 16.3. The molecular formula is C15H20N2O. The van der Waals surface area contributed by atoms with Crippen LogP contribution in [0.1, 0.15) is 25.3 Å². The SMILES string of the molecule is CCOc1ccc(CN(C)CC2(C#N)CC2)cc1. The van der Waals surface area contributed by atoms with Crippen LogP contribution in [0, 0.1) is 16.7 Å². The van der Waals surface area contributed by atoms with E-state index >= 15 is 0 Å². The van der Waals surface area contributed by atoms with Crippen LogP contribution in [0.15, 0.2) is 24.3 Å². The molecule has 1 fully saturated rings. The molecule has 3 nitrogen and oxygen atoms in total. The fourth-order valence-corrected chi connectivity index (χ4v) is 2.20. The van der Waals surface area contributed by atoms with Gasteiger partial charge in [0.1, 0.15) is 5.75 Å². The van der Waals surface area contributed by atoms with Crippen LogP contribution in [0.5, 0.6) is 5.75 Å². The minimum Gasteiger partial charge on any atom is -0.494 e. The van der Waals surface area contributed by atoms with Gasteiger partial charge in [-0.25, -0.2) is 0 Å². The summed E-state index contributed by atoms with van der Waals surface area (Å²) in [5.41, 5.74) is 1.20. The van der Waals surface area contributed by atoms with E-state index in [1.165, 1.54) is 5.56 Å². The second kappa shape index (κ2) is 5.41. The lowest BCUT2D eigenvalue weighted by Gasteiger charge is -2.19. The molecule has 0 unspecified atom stereocenters. The van der Waals surface area contributed by atoms with Gasteiger partial charge in [0.05, 0.1) is 18.1 Å². The van der Waals surface area contributed by atoms with Gasteiger partial charge in [0.2, 0.25) is 0 Å². The number of benzene rings is 1. The van der Waals surface area contributed by atoms with Crippen molar-refractivity contribution < 1.29 is 4.74 Å². The van der Waals surface area contributed by atoms with E-state index < -0.39 is 0 Å². The minimum atomic E-state index is -0.0555. The highest BCUT2D eigenvalue weighted by atomic mass is 16.5. The fourth-order valence-electron chi connectivity index (χ4n) is 2.20. The van der Waals surface area contributed by atoms with Crippen molar-refractivity contribution in [1.29, 1.82) is 5.26 Å². The Labute approximate surface area is 109 Å². The maximum absolute atomic E-state index is 9.07. The molecule has 2 rings (SSSR count). The first-order valence-electron chi connectivity index (χ1n) is 6.49. The molecule has 0 spiro atoms. The van der Waals surface area contributed by atoms with Crippen LogP contribution < -0.4 is 4.74 Å². The average Bonchev–Trinajstić information content (AvgIpc) is 3.12. The molecule has 0 N–H and O–H groups in total. The van der Waals surface area contributed by atoms with Gasteiger partial charge in [-0.3, -0.25) is 0 Å². The van der Waals surface area contributed by atoms with Gasteiger partial charge in [0.15, 0.2) is 0 Å². The summed E-state index contributed by atoms with van der Waals surface area (Å²) in [5.74, 6) is 0.916. The van der Waals surface area contributed by atoms with Crippen molar-refractivity contribution in [2.45, 2.75) is 26.3 Å². The van der Waals surface area contributed by atoms with Gasteiger partial charge in [0, 0.05) is 13.1 Å². The van der Waals surface area contributed by atoms with Gasteiger partial charge < -0.3 is 9.64 Å². The van der Waals surface area contributed by atoms with E-state index in [1.54, 1.807) is 0 Å². The van der Waals surface area contributed by atoms with Crippen molar-refractivity contribution in [2.75, 3.05) is 20.2 Å². The average molecular weight is 244 g/mol. The summed E-state index contributed by atoms with van der Waals surface area (Å²) < 4.78 is 5.42. The smallest absolute Gasteiger partial charge is 0.119 e. The first kappa shape index (κ1) is 12.9. The molecule has 3 heteroatoms. The zero-order chi connectivity index (χ0) is 13.0. The number of hydrogen-bond acceptors (Lipinski definition) is 3. The van der Waals surface area contributed by atoms with Crippen molar-refractivity contribution >= 4 is 0 Å². The highest BCUT2D eigenvalue weighted by Crippen LogP contribution is 2.45. The maximum Gasteiger partial charge on any atom is 0.119 e. The highest BCUT2D eigenvalue weighted by molar-refractivity contribution is 5.27. The highest BCUT2D eigenvalue weighted by Gasteiger charge is 2.43. The van der Waals surface area contributed by atoms with Crippen molar-refractivity contribution in [3.8, 4) is 11.8 Å². The standard InChI is InChI=1S/C15H20N2O/c1-3-18-14-6-4-13(5-7-14)10-17(2)12-15(11-16)8-9-15/h4-7H,3,8-10,12H2,1-2H3. The van der Waals surface area contributed by atoms with E-state index in [1.807, 2.05) is 19.1 Å². The molecule has 0 amide bonds. The van der Waals surface area contributed by atoms with E-state index in [9.17, 15) is 0 Å². The lowest BCUT2D eigenvalue weighted by Crippen LogP contribution is -2.25. The summed E-state index contributed by atoms with van der Waals surface area (Å²) >= 11 is 0. The van der Waals surface area contributed by atoms with E-state index in [0.29, 0.717) is 6.61 Å². The second-order valence-electron chi connectivity index (χ2n) is 5.14. The molecule has 0 atom stereocenters. The lowest BCUT2D eigenvalue weighted by atomic mass is 10.1. The van der Waals surface area contributed by atoms with Crippen molar-refractivity contribution in [2.24, 2.45) is 5.41 Å². The largest absolute Gasteiger partial charge is 0.494 e. The molecule has 0 saturated heterocycles. The Kier molecular flexibility index (Phi) is 3.88. The van der Waals surface area contributed by atoms with Crippen LogP contribution in [0.3, 0.4) is 0 Å². The van der Waals surface area contributed by atoms with Gasteiger partial charge in [0.25, 0.3) is 0 Å². The van der Waals surface area contributed by atoms with Crippen molar-refractivity contribution in [3.63, 3.8) is 0 Å². The number of hydrogen-bond donors (Lipinski definition) is 0. The number of ether oxygens (including phenoxy) is 1. The quantitative estimate of drug-likeness (QED) is 0.772. The Morgan fingerprint density at radius 3 is 2.50 bits per heavy atom. The molecule has 96 valence electrons. The van der Waals surface area contributed by atoms with Gasteiger partial charge in [-0.05, 0) is 44.5 Å². The molecule has 0 bridgehead atoms. The maximum atomic E-state index is 9.07. The zero-order valence-corrected chi connectivity index (χ0v) is 11.1. The molecule has 1 aromatic rings. The molecule has 18 heavy (non-hydrogen) atoms. The summed E-state index contributed by atoms with van der Waals surface area (Å²) in [6, 6.07) is 10.6. The Bertz CT molecular complexity index is 429. The molecular weight excluding hydrogens is 224 g/mol. The summed E-state index contributed by atoms with van der Waals surface area (Å²) in [6.07, 6.45) is 2.11. The van der Waals surface area contributed by atoms with Crippen LogP contribution in [0.2, 0.25) is 0 Å². The summed E-state index contributed by atoms with van der Waals surface area (Å²) in [5, 5.41) is 9.07. The summed E-state index contributed by atoms with van der Waals surface area (Å²) in [6.45, 7) is 4.44. The Morgan fingerprint density at radius 2 is 2.00 bits per heavy atom. The van der Waals surface area contributed by atoms with Crippen LogP contribution in [-0.2, 0) is 6.54 Å². The predicted octanol–water partition coefficient (Wildman–Crippen LogP) is 2.82. The number of rotatable bonds is 6. The third-order valence-corrected chi connectivity index (χ3v) is 3.35. The zero-order valence-electron chi connectivity index (χ0n) is 11.1. The Hall–Kier alpha value is -1.53. The van der Waals surface area contributed by atoms with Gasteiger partial charge in [-0.1, -0.05) is 12.1 Å². The topological polar surface area (TPSA) is 36.3 Å². The Balaban J connectivity index is 1.87. The lowest BCUT2D eigenvalue weighted by molar-refractivity contribution is 0.286. The molecule has 1 aliphatic carbocycles. The third-order valence-electron chi connectivity index (χ3n) is 3.35. The van der Waals surface area contributed by atoms with Crippen molar-refractivity contribution in [1.82, 2.24) is 4.90 Å². The number of nitriles is 1. The van der Waals surface area contributed by atoms with Crippen LogP contribution in [0.25, 0.3) is 0 Å². The monoisotopic (exact) mass is 244 g/mol. The molecule has 0 heterocycles. The molecule has 0 aliphatic heterocycles. The number of nitrogens with zero attached hydrogens (tertiary/aromatic N) is 2. The summed E-state index contributed by atoms with van der Waals surface area (Å²) in [7, 11) is 2.08. The van der Waals surface area contributed by atoms with Gasteiger partial charge in [-0.2, -0.15) is 5.26 Å². The molecule has 0 radical (unpaired) electrons. The van der Waals surface area contributed by atoms with E-state index in [2.05, 4.69) is 30.1 Å². The van der Waals surface area contributed by atoms with E-state index in [0.717, 1.165) is 31.7 Å². The van der Waals surface area contributed by atoms with Crippen LogP contribution in [0.4, 0.5) is 0 Å². The van der Waals surface area contributed by atoms with E-state index in [-0.39, 0.29) is 5.41 Å². The van der Waals surface area contributed by atoms with Gasteiger partial charge in [-0.15, -0.1) is 0 Å². The minimum absolute atomic E-state index is 0.0555. The predicted molar refractivity (Wildman–Crippen MR) is 71.2 cm³/mol. The molecule has 1 saturated carbocycles. The van der Waals surface area contributed by atoms with Gasteiger partial charge >= 0.3 is 0 Å². The van der Waals surface area contributed by atoms with E-state index in [4.69, 9.17) is 10.00 Å². The molecule has 0 aromatic heterocycles. The van der Waals surface area contributed by atoms with Crippen LogP contribution in [-0.4, -0.2) is 25.1 Å². The second-order valence-corrected chi connectivity index (χ2v) is 5.14. The fraction of sp³-hybridized carbons (Fsp3) is 0.533. The Morgan fingerprint density at radius 1 is 1.33 bits per heavy atom. The van der Waals surface area contributed by atoms with Crippen molar-refractivity contribution in [3.05, 3.63) is 29.8 Å². The first-order chi connectivity index (χ1) is 8.67. The first-order valence-corrected chi connectivity index (χ1v) is 6.49. The van der Waals surface area contributed by atoms with Crippen LogP contribution >= 0.6 is 0 Å². The molecule has 1 aromatic carbocycles. The molecule has 1 aliphatic rings.